The monoisotopic (exact) mass is 331 g/mol. The Morgan fingerprint density at radius 3 is 2.48 bits per heavy atom. The van der Waals surface area contributed by atoms with Crippen molar-refractivity contribution in [2.75, 3.05) is 0 Å². The molecule has 2 aromatic heterocycles. The maximum atomic E-state index is 11.3. The van der Waals surface area contributed by atoms with Crippen molar-refractivity contribution in [2.24, 2.45) is 5.14 Å². The van der Waals surface area contributed by atoms with Gasteiger partial charge in [-0.2, -0.15) is 13.1 Å². The Kier molecular flexibility index (Phi) is 3.67. The van der Waals surface area contributed by atoms with Crippen molar-refractivity contribution in [2.45, 2.75) is 19.4 Å². The molecule has 0 spiro atoms. The first-order valence-corrected chi connectivity index (χ1v) is 8.52. The van der Waals surface area contributed by atoms with Crippen LogP contribution in [0.5, 0.6) is 0 Å². The molecule has 0 fully saturated rings. The van der Waals surface area contributed by atoms with Crippen LogP contribution in [-0.4, -0.2) is 23.4 Å². The minimum Gasteiger partial charge on any atom is -0.346 e. The summed E-state index contributed by atoms with van der Waals surface area (Å²) < 4.78 is 25.0. The van der Waals surface area contributed by atoms with Crippen LogP contribution in [0.15, 0.2) is 42.9 Å². The largest absolute Gasteiger partial charge is 0.346 e. The van der Waals surface area contributed by atoms with E-state index in [0.717, 1.165) is 27.9 Å². The van der Waals surface area contributed by atoms with Gasteiger partial charge in [0.1, 0.15) is 12.0 Å². The Morgan fingerprint density at radius 1 is 1.13 bits per heavy atom. The van der Waals surface area contributed by atoms with Crippen LogP contribution in [0.4, 0.5) is 0 Å². The summed E-state index contributed by atoms with van der Waals surface area (Å²) in [5, 5.41) is 6.00. The third-order valence-electron chi connectivity index (χ3n) is 3.63. The standard InChI is InChI=1S/C15H17N5O2S/c1-15(2,20-23(16,21)22)11-5-3-10(4-6-11)13-12-7-8-17-14(12)19-9-18-13/h3-9,20H,1-2H3,(H2,16,21,22)(H,17,18,19). The topological polar surface area (TPSA) is 114 Å². The highest BCUT2D eigenvalue weighted by atomic mass is 32.2. The van der Waals surface area contributed by atoms with Gasteiger partial charge in [0.15, 0.2) is 0 Å². The van der Waals surface area contributed by atoms with Crippen molar-refractivity contribution in [1.29, 1.82) is 0 Å². The van der Waals surface area contributed by atoms with Crippen LogP contribution in [0.3, 0.4) is 0 Å². The minimum atomic E-state index is -3.79. The number of H-pyrrole nitrogens is 1. The summed E-state index contributed by atoms with van der Waals surface area (Å²) in [5.74, 6) is 0. The van der Waals surface area contributed by atoms with Gasteiger partial charge in [0.25, 0.3) is 10.2 Å². The molecule has 0 saturated heterocycles. The maximum absolute atomic E-state index is 11.3. The van der Waals surface area contributed by atoms with Crippen molar-refractivity contribution in [3.8, 4) is 11.3 Å². The maximum Gasteiger partial charge on any atom is 0.275 e. The van der Waals surface area contributed by atoms with Crippen LogP contribution < -0.4 is 9.86 Å². The second-order valence-electron chi connectivity index (χ2n) is 5.81. The highest BCUT2D eigenvalue weighted by Crippen LogP contribution is 2.27. The van der Waals surface area contributed by atoms with Gasteiger partial charge in [-0.3, -0.25) is 0 Å². The van der Waals surface area contributed by atoms with E-state index in [9.17, 15) is 8.42 Å². The summed E-state index contributed by atoms with van der Waals surface area (Å²) >= 11 is 0. The molecule has 4 N–H and O–H groups in total. The third-order valence-corrected chi connectivity index (χ3v) is 4.43. The molecule has 0 bridgehead atoms. The molecule has 0 saturated carbocycles. The van der Waals surface area contributed by atoms with Crippen molar-refractivity contribution >= 4 is 21.2 Å². The van der Waals surface area contributed by atoms with Gasteiger partial charge in [-0.25, -0.2) is 15.1 Å². The van der Waals surface area contributed by atoms with E-state index in [0.29, 0.717) is 0 Å². The van der Waals surface area contributed by atoms with Crippen molar-refractivity contribution < 1.29 is 8.42 Å². The molecule has 120 valence electrons. The van der Waals surface area contributed by atoms with E-state index in [2.05, 4.69) is 19.7 Å². The van der Waals surface area contributed by atoms with Gasteiger partial charge in [-0.15, -0.1) is 0 Å². The number of aromatic amines is 1. The number of nitrogens with two attached hydrogens (primary N) is 1. The van der Waals surface area contributed by atoms with Gasteiger partial charge < -0.3 is 4.98 Å². The predicted octanol–water partition coefficient (Wildman–Crippen LogP) is 1.65. The van der Waals surface area contributed by atoms with Gasteiger partial charge in [0, 0.05) is 17.1 Å². The van der Waals surface area contributed by atoms with Gasteiger partial charge in [-0.1, -0.05) is 24.3 Å². The van der Waals surface area contributed by atoms with Crippen LogP contribution in [-0.2, 0) is 15.7 Å². The number of hydrogen-bond donors (Lipinski definition) is 3. The van der Waals surface area contributed by atoms with Gasteiger partial charge in [0.05, 0.1) is 11.2 Å². The zero-order valence-electron chi connectivity index (χ0n) is 12.7. The Labute approximate surface area is 134 Å². The molecule has 0 atom stereocenters. The molecule has 1 aromatic carbocycles. The third kappa shape index (κ3) is 3.24. The second-order valence-corrected chi connectivity index (χ2v) is 7.11. The van der Waals surface area contributed by atoms with Gasteiger partial charge in [-0.05, 0) is 25.5 Å². The molecule has 0 amide bonds. The first kappa shape index (κ1) is 15.6. The van der Waals surface area contributed by atoms with E-state index in [1.54, 1.807) is 13.8 Å². The fraction of sp³-hybridized carbons (Fsp3) is 0.200. The van der Waals surface area contributed by atoms with E-state index < -0.39 is 15.7 Å². The zero-order chi connectivity index (χ0) is 16.7. The number of rotatable bonds is 4. The Balaban J connectivity index is 1.98. The first-order valence-electron chi connectivity index (χ1n) is 6.97. The quantitative estimate of drug-likeness (QED) is 0.674. The van der Waals surface area contributed by atoms with Crippen molar-refractivity contribution in [3.05, 3.63) is 48.4 Å². The Morgan fingerprint density at radius 2 is 1.83 bits per heavy atom. The Bertz CT molecular complexity index is 945. The smallest absolute Gasteiger partial charge is 0.275 e. The van der Waals surface area contributed by atoms with Crippen LogP contribution in [0.2, 0.25) is 0 Å². The highest BCUT2D eigenvalue weighted by Gasteiger charge is 2.24. The summed E-state index contributed by atoms with van der Waals surface area (Å²) in [7, 11) is -3.79. The van der Waals surface area contributed by atoms with Gasteiger partial charge >= 0.3 is 0 Å². The molecule has 0 aliphatic rings. The number of benzene rings is 1. The van der Waals surface area contributed by atoms with Crippen LogP contribution >= 0.6 is 0 Å². The molecule has 23 heavy (non-hydrogen) atoms. The molecule has 0 aliphatic heterocycles. The number of fused-ring (bicyclic) bond motifs is 1. The average molecular weight is 331 g/mol. The van der Waals surface area contributed by atoms with Gasteiger partial charge in [0.2, 0.25) is 0 Å². The SMILES string of the molecule is CC(C)(NS(N)(=O)=O)c1ccc(-c2ncnc3[nH]ccc23)cc1. The minimum absolute atomic E-state index is 0.773. The second kappa shape index (κ2) is 5.41. The van der Waals surface area contributed by atoms with Crippen LogP contribution in [0, 0.1) is 0 Å². The molecule has 3 rings (SSSR count). The number of nitrogens with zero attached hydrogens (tertiary/aromatic N) is 2. The molecule has 7 nitrogen and oxygen atoms in total. The van der Waals surface area contributed by atoms with E-state index in [1.807, 2.05) is 36.5 Å². The fourth-order valence-electron chi connectivity index (χ4n) is 2.56. The van der Waals surface area contributed by atoms with Crippen molar-refractivity contribution in [3.63, 3.8) is 0 Å². The summed E-state index contributed by atoms with van der Waals surface area (Å²) in [4.78, 5) is 11.6. The molecule has 2 heterocycles. The summed E-state index contributed by atoms with van der Waals surface area (Å²) in [6.07, 6.45) is 3.32. The summed E-state index contributed by atoms with van der Waals surface area (Å²) in [5.41, 5.74) is 2.51. The molecular weight excluding hydrogens is 314 g/mol. The molecule has 3 aromatic rings. The van der Waals surface area contributed by atoms with Crippen molar-refractivity contribution in [1.82, 2.24) is 19.7 Å². The molecule has 0 radical (unpaired) electrons. The lowest BCUT2D eigenvalue weighted by molar-refractivity contribution is 0.473. The number of aromatic nitrogens is 3. The summed E-state index contributed by atoms with van der Waals surface area (Å²) in [6, 6.07) is 9.43. The molecule has 8 heteroatoms. The van der Waals surface area contributed by atoms with E-state index in [4.69, 9.17) is 5.14 Å². The number of nitrogens with one attached hydrogen (secondary N) is 2. The predicted molar refractivity (Wildman–Crippen MR) is 88.6 cm³/mol. The van der Waals surface area contributed by atoms with Crippen LogP contribution in [0.25, 0.3) is 22.3 Å². The molecular formula is C15H17N5O2S. The lowest BCUT2D eigenvalue weighted by Crippen LogP contribution is -2.44. The highest BCUT2D eigenvalue weighted by molar-refractivity contribution is 7.87. The fourth-order valence-corrected chi connectivity index (χ4v) is 3.39. The number of hydrogen-bond acceptors (Lipinski definition) is 4. The molecule has 0 aliphatic carbocycles. The lowest BCUT2D eigenvalue weighted by Gasteiger charge is -2.25. The van der Waals surface area contributed by atoms with Crippen LogP contribution in [0.1, 0.15) is 19.4 Å². The normalized spacial score (nSPS) is 12.7. The van der Waals surface area contributed by atoms with E-state index in [-0.39, 0.29) is 0 Å². The summed E-state index contributed by atoms with van der Waals surface area (Å²) in [6.45, 7) is 3.50. The zero-order valence-corrected chi connectivity index (χ0v) is 13.6. The van der Waals surface area contributed by atoms with E-state index >= 15 is 0 Å². The van der Waals surface area contributed by atoms with E-state index in [1.165, 1.54) is 6.33 Å². The lowest BCUT2D eigenvalue weighted by atomic mass is 9.94. The Hall–Kier alpha value is -2.29. The molecule has 0 unspecified atom stereocenters. The first-order chi connectivity index (χ1) is 10.8. The average Bonchev–Trinajstić information content (AvgIpc) is 2.93.